The quantitative estimate of drug-likeness (QED) is 0.0325. The SMILES string of the molecule is CCC(N)C(=O)NC(CCCN=C(N)N)C(=O)NC(CC(N)=O)C(=O)NC(CC(C)C)C(=O)NC(Cc1ccccc1)C(=O)NCC(N)=O. The highest BCUT2D eigenvalue weighted by Gasteiger charge is 2.33. The van der Waals surface area contributed by atoms with Crippen molar-refractivity contribution in [2.24, 2.45) is 39.6 Å². The summed E-state index contributed by atoms with van der Waals surface area (Å²) in [6, 6.07) is 2.78. The van der Waals surface area contributed by atoms with Crippen LogP contribution >= 0.6 is 0 Å². The maximum atomic E-state index is 13.6. The van der Waals surface area contributed by atoms with Crippen LogP contribution in [-0.2, 0) is 40.0 Å². The number of nitrogens with one attached hydrogen (secondary N) is 5. The predicted molar refractivity (Wildman–Crippen MR) is 182 cm³/mol. The summed E-state index contributed by atoms with van der Waals surface area (Å²) in [6.45, 7) is 4.97. The largest absolute Gasteiger partial charge is 0.370 e. The van der Waals surface area contributed by atoms with Crippen LogP contribution in [-0.4, -0.2) is 90.6 Å². The molecule has 18 nitrogen and oxygen atoms in total. The molecule has 15 N–H and O–H groups in total. The zero-order chi connectivity index (χ0) is 37.1. The number of guanidine groups is 1. The van der Waals surface area contributed by atoms with Gasteiger partial charge in [0.25, 0.3) is 0 Å². The van der Waals surface area contributed by atoms with Gasteiger partial charge in [-0.2, -0.15) is 0 Å². The molecule has 0 saturated heterocycles. The average molecular weight is 690 g/mol. The minimum atomic E-state index is -1.54. The Bertz CT molecular complexity index is 1320. The molecule has 49 heavy (non-hydrogen) atoms. The van der Waals surface area contributed by atoms with Crippen molar-refractivity contribution in [3.8, 4) is 0 Å². The van der Waals surface area contributed by atoms with Gasteiger partial charge in [0, 0.05) is 13.0 Å². The van der Waals surface area contributed by atoms with Gasteiger partial charge in [-0.3, -0.25) is 38.6 Å². The number of carbonyl (C=O) groups excluding carboxylic acids is 7. The molecule has 18 heteroatoms. The lowest BCUT2D eigenvalue weighted by Gasteiger charge is -2.27. The molecular formula is C31H51N11O7. The van der Waals surface area contributed by atoms with Crippen molar-refractivity contribution >= 4 is 47.3 Å². The van der Waals surface area contributed by atoms with E-state index in [2.05, 4.69) is 31.6 Å². The lowest BCUT2D eigenvalue weighted by atomic mass is 10.00. The lowest BCUT2D eigenvalue weighted by molar-refractivity contribution is -0.136. The first-order valence-electron chi connectivity index (χ1n) is 15.9. The Balaban J connectivity index is 3.24. The van der Waals surface area contributed by atoms with E-state index in [-0.39, 0.29) is 44.1 Å². The van der Waals surface area contributed by atoms with E-state index in [1.54, 1.807) is 51.1 Å². The summed E-state index contributed by atoms with van der Waals surface area (Å²) in [5, 5.41) is 12.5. The van der Waals surface area contributed by atoms with Gasteiger partial charge in [-0.25, -0.2) is 0 Å². The third-order valence-electron chi connectivity index (χ3n) is 7.09. The molecule has 0 aromatic heterocycles. The lowest BCUT2D eigenvalue weighted by Crippen LogP contribution is -2.59. The Labute approximate surface area is 285 Å². The van der Waals surface area contributed by atoms with Crippen LogP contribution < -0.4 is 55.3 Å². The van der Waals surface area contributed by atoms with Gasteiger partial charge in [-0.15, -0.1) is 0 Å². The predicted octanol–water partition coefficient (Wildman–Crippen LogP) is -3.52. The molecule has 0 aliphatic rings. The van der Waals surface area contributed by atoms with E-state index in [4.69, 9.17) is 28.7 Å². The van der Waals surface area contributed by atoms with Gasteiger partial charge in [0.2, 0.25) is 41.4 Å². The topological polar surface area (TPSA) is 322 Å². The van der Waals surface area contributed by atoms with Gasteiger partial charge < -0.3 is 55.3 Å². The summed E-state index contributed by atoms with van der Waals surface area (Å²) in [5.74, 6) is -5.77. The number of hydrogen-bond acceptors (Lipinski definition) is 9. The zero-order valence-electron chi connectivity index (χ0n) is 28.2. The zero-order valence-corrected chi connectivity index (χ0v) is 28.2. The molecule has 0 fully saturated rings. The molecule has 0 aliphatic heterocycles. The monoisotopic (exact) mass is 689 g/mol. The van der Waals surface area contributed by atoms with Crippen LogP contribution in [0, 0.1) is 5.92 Å². The molecule has 0 radical (unpaired) electrons. The number of nitrogens with zero attached hydrogens (tertiary/aromatic N) is 1. The van der Waals surface area contributed by atoms with Crippen LogP contribution in [0.3, 0.4) is 0 Å². The second-order valence-electron chi connectivity index (χ2n) is 11.9. The summed E-state index contributed by atoms with van der Waals surface area (Å²) < 4.78 is 0. The van der Waals surface area contributed by atoms with Gasteiger partial charge in [0.1, 0.15) is 24.2 Å². The molecule has 0 spiro atoms. The number of benzene rings is 1. The summed E-state index contributed by atoms with van der Waals surface area (Å²) >= 11 is 0. The first-order chi connectivity index (χ1) is 23.0. The number of carbonyl (C=O) groups is 7. The fourth-order valence-electron chi connectivity index (χ4n) is 4.52. The van der Waals surface area contributed by atoms with E-state index < -0.39 is 84.5 Å². The molecule has 1 aromatic rings. The van der Waals surface area contributed by atoms with Crippen LogP contribution in [0.2, 0.25) is 0 Å². The third kappa shape index (κ3) is 16.9. The molecule has 7 amide bonds. The number of primary amides is 2. The maximum Gasteiger partial charge on any atom is 0.243 e. The van der Waals surface area contributed by atoms with E-state index in [0.29, 0.717) is 12.0 Å². The Kier molecular flexibility index (Phi) is 18.4. The smallest absolute Gasteiger partial charge is 0.243 e. The van der Waals surface area contributed by atoms with Gasteiger partial charge in [0.15, 0.2) is 5.96 Å². The normalized spacial score (nSPS) is 13.8. The van der Waals surface area contributed by atoms with E-state index in [9.17, 15) is 33.6 Å². The van der Waals surface area contributed by atoms with E-state index in [1.807, 2.05) is 0 Å². The standard InChI is InChI=1S/C31H51N11O7/c1-4-19(32)26(45)39-20(11-8-12-37-31(35)36)28(47)42-23(15-24(33)43)30(49)40-21(13-17(2)3)29(48)41-22(27(46)38-16-25(34)44)14-18-9-6-5-7-10-18/h5-7,9-10,17,19-23H,4,8,11-16,32H2,1-3H3,(H2,33,43)(H2,34,44)(H,38,46)(H,39,45)(H,40,49)(H,41,48)(H,42,47)(H4,35,36,37). The summed E-state index contributed by atoms with van der Waals surface area (Å²) in [6.07, 6.45) is 0.126. The molecular weight excluding hydrogens is 638 g/mol. The first-order valence-corrected chi connectivity index (χ1v) is 15.9. The Hall–Kier alpha value is -5.26. The fraction of sp³-hybridized carbons (Fsp3) is 0.548. The molecule has 0 bridgehead atoms. The van der Waals surface area contributed by atoms with Crippen molar-refractivity contribution in [2.75, 3.05) is 13.1 Å². The van der Waals surface area contributed by atoms with Crippen LogP contribution in [0.4, 0.5) is 0 Å². The van der Waals surface area contributed by atoms with Crippen molar-refractivity contribution in [1.29, 1.82) is 0 Å². The Morgan fingerprint density at radius 3 is 1.82 bits per heavy atom. The highest BCUT2D eigenvalue weighted by molar-refractivity contribution is 5.97. The molecule has 0 heterocycles. The van der Waals surface area contributed by atoms with E-state index in [0.717, 1.165) is 0 Å². The summed E-state index contributed by atoms with van der Waals surface area (Å²) in [7, 11) is 0. The first kappa shape index (κ1) is 41.8. The van der Waals surface area contributed by atoms with Crippen LogP contribution in [0.25, 0.3) is 0 Å². The number of aliphatic imine (C=N–C) groups is 1. The van der Waals surface area contributed by atoms with Crippen molar-refractivity contribution in [3.63, 3.8) is 0 Å². The summed E-state index contributed by atoms with van der Waals surface area (Å²) in [4.78, 5) is 93.1. The molecule has 0 saturated carbocycles. The highest BCUT2D eigenvalue weighted by Crippen LogP contribution is 2.10. The minimum Gasteiger partial charge on any atom is -0.370 e. The number of amides is 7. The molecule has 1 aromatic carbocycles. The average Bonchev–Trinajstić information content (AvgIpc) is 3.03. The molecule has 1 rings (SSSR count). The Morgan fingerprint density at radius 1 is 0.714 bits per heavy atom. The van der Waals surface area contributed by atoms with Crippen molar-refractivity contribution in [3.05, 3.63) is 35.9 Å². The fourth-order valence-corrected chi connectivity index (χ4v) is 4.52. The van der Waals surface area contributed by atoms with Gasteiger partial charge >= 0.3 is 0 Å². The van der Waals surface area contributed by atoms with Crippen LogP contribution in [0.5, 0.6) is 0 Å². The number of nitrogens with two attached hydrogens (primary N) is 5. The van der Waals surface area contributed by atoms with Crippen molar-refractivity contribution in [2.45, 2.75) is 89.5 Å². The molecule has 0 aliphatic carbocycles. The molecule has 5 atom stereocenters. The Morgan fingerprint density at radius 2 is 1.27 bits per heavy atom. The summed E-state index contributed by atoms with van der Waals surface area (Å²) in [5.41, 5.74) is 27.8. The van der Waals surface area contributed by atoms with E-state index in [1.165, 1.54) is 0 Å². The van der Waals surface area contributed by atoms with Crippen LogP contribution in [0.15, 0.2) is 35.3 Å². The van der Waals surface area contributed by atoms with Gasteiger partial charge in [0.05, 0.1) is 19.0 Å². The third-order valence-corrected chi connectivity index (χ3v) is 7.09. The molecule has 272 valence electrons. The van der Waals surface area contributed by atoms with Crippen molar-refractivity contribution in [1.82, 2.24) is 26.6 Å². The van der Waals surface area contributed by atoms with Crippen molar-refractivity contribution < 1.29 is 33.6 Å². The van der Waals surface area contributed by atoms with Gasteiger partial charge in [-0.1, -0.05) is 51.1 Å². The number of hydrogen-bond donors (Lipinski definition) is 10. The second-order valence-corrected chi connectivity index (χ2v) is 11.9. The van der Waals surface area contributed by atoms with Gasteiger partial charge in [-0.05, 0) is 37.2 Å². The minimum absolute atomic E-state index is 0.0503. The van der Waals surface area contributed by atoms with Crippen LogP contribution in [0.1, 0.15) is 58.4 Å². The second kappa shape index (κ2) is 21.6. The number of rotatable bonds is 22. The molecule has 5 unspecified atom stereocenters. The highest BCUT2D eigenvalue weighted by atomic mass is 16.2. The maximum absolute atomic E-state index is 13.6. The van der Waals surface area contributed by atoms with E-state index >= 15 is 0 Å².